The summed E-state index contributed by atoms with van der Waals surface area (Å²) in [6, 6.07) is 5.74. The van der Waals surface area contributed by atoms with Crippen LogP contribution in [-0.2, 0) is 13.5 Å². The van der Waals surface area contributed by atoms with Crippen LogP contribution in [0.1, 0.15) is 12.5 Å². The molecule has 0 radical (unpaired) electrons. The first kappa shape index (κ1) is 14.0. The van der Waals surface area contributed by atoms with Crippen LogP contribution in [0.15, 0.2) is 29.2 Å². The van der Waals surface area contributed by atoms with Crippen LogP contribution in [0.3, 0.4) is 0 Å². The van der Waals surface area contributed by atoms with Crippen LogP contribution in [0, 0.1) is 0 Å². The van der Waals surface area contributed by atoms with Gasteiger partial charge in [0.2, 0.25) is 0 Å². The van der Waals surface area contributed by atoms with E-state index >= 15 is 0 Å². The van der Waals surface area contributed by atoms with Gasteiger partial charge in [-0.2, -0.15) is 0 Å². The number of nitrogens with one attached hydrogen (secondary N) is 2. The summed E-state index contributed by atoms with van der Waals surface area (Å²) in [5.74, 6) is 0. The normalized spacial score (nSPS) is 11.6. The van der Waals surface area contributed by atoms with Crippen molar-refractivity contribution >= 4 is 33.7 Å². The van der Waals surface area contributed by atoms with E-state index in [0.717, 1.165) is 28.6 Å². The van der Waals surface area contributed by atoms with Gasteiger partial charge >= 0.3 is 0 Å². The minimum Gasteiger partial charge on any atom is -0.330 e. The summed E-state index contributed by atoms with van der Waals surface area (Å²) >= 11 is 6.21. The van der Waals surface area contributed by atoms with Gasteiger partial charge in [-0.1, -0.05) is 18.5 Å². The molecule has 0 spiro atoms. The average Bonchev–Trinajstić information content (AvgIpc) is 3.02. The number of nitrogens with zero attached hydrogens (tertiary/aromatic N) is 3. The van der Waals surface area contributed by atoms with Gasteiger partial charge < -0.3 is 4.98 Å². The van der Waals surface area contributed by atoms with Crippen molar-refractivity contribution in [1.29, 1.82) is 0 Å². The number of aryl methyl sites for hydroxylation is 2. The summed E-state index contributed by atoms with van der Waals surface area (Å²) < 4.78 is 1.42. The number of halogens is 1. The van der Waals surface area contributed by atoms with Gasteiger partial charge in [0.25, 0.3) is 5.56 Å². The highest BCUT2D eigenvalue weighted by molar-refractivity contribution is 6.31. The Bertz CT molecular complexity index is 1110. The van der Waals surface area contributed by atoms with Gasteiger partial charge in [0.05, 0.1) is 11.2 Å². The van der Waals surface area contributed by atoms with E-state index in [1.165, 1.54) is 4.68 Å². The van der Waals surface area contributed by atoms with Crippen molar-refractivity contribution in [2.75, 3.05) is 0 Å². The molecule has 0 aromatic carbocycles. The van der Waals surface area contributed by atoms with Crippen LogP contribution in [-0.4, -0.2) is 24.7 Å². The van der Waals surface area contributed by atoms with E-state index < -0.39 is 0 Å². The molecular weight excluding hydrogens is 314 g/mol. The molecule has 4 aromatic rings. The number of rotatable bonds is 2. The third-order valence-electron chi connectivity index (χ3n) is 4.05. The fraction of sp³-hybridized carbons (Fsp3) is 0.188. The third kappa shape index (κ3) is 2.06. The molecule has 0 saturated heterocycles. The summed E-state index contributed by atoms with van der Waals surface area (Å²) in [5.41, 5.74) is 4.36. The molecule has 23 heavy (non-hydrogen) atoms. The molecule has 0 bridgehead atoms. The summed E-state index contributed by atoms with van der Waals surface area (Å²) in [7, 11) is 1.67. The number of fused-ring (bicyclic) bond motifs is 2. The van der Waals surface area contributed by atoms with E-state index in [-0.39, 0.29) is 5.56 Å². The number of aromatic amines is 2. The second-order valence-corrected chi connectivity index (χ2v) is 5.84. The van der Waals surface area contributed by atoms with E-state index in [0.29, 0.717) is 21.9 Å². The first-order valence-electron chi connectivity index (χ1n) is 7.30. The number of hydrogen-bond donors (Lipinski definition) is 2. The Morgan fingerprint density at radius 3 is 2.96 bits per heavy atom. The van der Waals surface area contributed by atoms with E-state index in [2.05, 4.69) is 27.0 Å². The molecule has 4 heterocycles. The summed E-state index contributed by atoms with van der Waals surface area (Å²) in [6.07, 6.45) is 2.55. The zero-order valence-electron chi connectivity index (χ0n) is 12.6. The van der Waals surface area contributed by atoms with Gasteiger partial charge in [0.1, 0.15) is 10.8 Å². The minimum absolute atomic E-state index is 0.144. The molecule has 0 saturated carbocycles. The predicted octanol–water partition coefficient (Wildman–Crippen LogP) is 3.02. The molecule has 116 valence electrons. The molecule has 4 rings (SSSR count). The lowest BCUT2D eigenvalue weighted by molar-refractivity contribution is 0.750. The summed E-state index contributed by atoms with van der Waals surface area (Å²) in [6.45, 7) is 2.05. The van der Waals surface area contributed by atoms with Crippen LogP contribution in [0.4, 0.5) is 0 Å². The lowest BCUT2D eigenvalue weighted by Gasteiger charge is -2.01. The zero-order chi connectivity index (χ0) is 16.1. The highest BCUT2D eigenvalue weighted by Crippen LogP contribution is 2.29. The monoisotopic (exact) mass is 327 g/mol. The fourth-order valence-electron chi connectivity index (χ4n) is 2.84. The molecule has 0 atom stereocenters. The molecule has 4 aromatic heterocycles. The molecule has 0 fully saturated rings. The lowest BCUT2D eigenvalue weighted by Crippen LogP contribution is -2.12. The average molecular weight is 328 g/mol. The Hall–Kier alpha value is -2.60. The van der Waals surface area contributed by atoms with E-state index in [1.54, 1.807) is 13.2 Å². The van der Waals surface area contributed by atoms with E-state index in [4.69, 9.17) is 11.6 Å². The lowest BCUT2D eigenvalue weighted by atomic mass is 10.1. The molecule has 0 aliphatic heterocycles. The Labute approximate surface area is 136 Å². The van der Waals surface area contributed by atoms with Crippen molar-refractivity contribution in [1.82, 2.24) is 24.7 Å². The highest BCUT2D eigenvalue weighted by atomic mass is 35.5. The number of aromatic nitrogens is 5. The predicted molar refractivity (Wildman–Crippen MR) is 90.8 cm³/mol. The molecule has 6 nitrogen and oxygen atoms in total. The summed E-state index contributed by atoms with van der Waals surface area (Å²) in [4.78, 5) is 24.0. The minimum atomic E-state index is -0.144. The number of H-pyrrole nitrogens is 2. The van der Waals surface area contributed by atoms with Crippen molar-refractivity contribution in [2.45, 2.75) is 13.3 Å². The van der Waals surface area contributed by atoms with Gasteiger partial charge in [0, 0.05) is 24.2 Å². The van der Waals surface area contributed by atoms with Crippen molar-refractivity contribution in [3.8, 4) is 11.3 Å². The highest BCUT2D eigenvalue weighted by Gasteiger charge is 2.12. The van der Waals surface area contributed by atoms with Crippen LogP contribution < -0.4 is 5.56 Å². The van der Waals surface area contributed by atoms with Crippen molar-refractivity contribution < 1.29 is 0 Å². The van der Waals surface area contributed by atoms with Crippen LogP contribution in [0.25, 0.3) is 33.3 Å². The van der Waals surface area contributed by atoms with Gasteiger partial charge in [-0.25, -0.2) is 9.97 Å². The van der Waals surface area contributed by atoms with Gasteiger partial charge in [-0.3, -0.25) is 14.6 Å². The van der Waals surface area contributed by atoms with Gasteiger partial charge in [-0.05, 0) is 30.2 Å². The second kappa shape index (κ2) is 4.96. The first-order chi connectivity index (χ1) is 11.1. The van der Waals surface area contributed by atoms with Crippen LogP contribution in [0.5, 0.6) is 0 Å². The Morgan fingerprint density at radius 1 is 1.35 bits per heavy atom. The largest absolute Gasteiger partial charge is 0.330 e. The Balaban J connectivity index is 1.94. The van der Waals surface area contributed by atoms with E-state index in [9.17, 15) is 4.79 Å². The number of pyridine rings is 2. The quantitative estimate of drug-likeness (QED) is 0.594. The molecule has 0 amide bonds. The summed E-state index contributed by atoms with van der Waals surface area (Å²) in [5, 5.41) is 4.57. The molecular formula is C16H14ClN5O. The maximum absolute atomic E-state index is 12.1. The van der Waals surface area contributed by atoms with Crippen molar-refractivity contribution in [3.05, 3.63) is 45.5 Å². The van der Waals surface area contributed by atoms with Gasteiger partial charge in [-0.15, -0.1) is 0 Å². The van der Waals surface area contributed by atoms with Crippen molar-refractivity contribution in [3.63, 3.8) is 0 Å². The topological polar surface area (TPSA) is 79.4 Å². The molecule has 0 unspecified atom stereocenters. The Morgan fingerprint density at radius 2 is 2.17 bits per heavy atom. The Kier molecular flexibility index (Phi) is 3.02. The smallest absolute Gasteiger partial charge is 0.292 e. The van der Waals surface area contributed by atoms with Crippen LogP contribution >= 0.6 is 11.6 Å². The third-order valence-corrected chi connectivity index (χ3v) is 4.37. The first-order valence-corrected chi connectivity index (χ1v) is 7.68. The maximum atomic E-state index is 12.1. The van der Waals surface area contributed by atoms with Crippen molar-refractivity contribution in [2.24, 2.45) is 7.05 Å². The number of hydrogen-bond acceptors (Lipinski definition) is 3. The fourth-order valence-corrected chi connectivity index (χ4v) is 3.17. The SMILES string of the molecule is CCc1c(Cl)[nH]c2ncc(-c3ccc4[nH]n(C)c(=O)c4n3)cc12. The maximum Gasteiger partial charge on any atom is 0.292 e. The van der Waals surface area contributed by atoms with Crippen LogP contribution in [0.2, 0.25) is 5.15 Å². The molecule has 7 heteroatoms. The van der Waals surface area contributed by atoms with E-state index in [1.807, 2.05) is 18.2 Å². The zero-order valence-corrected chi connectivity index (χ0v) is 13.4. The van der Waals surface area contributed by atoms with Gasteiger partial charge in [0.15, 0.2) is 5.52 Å². The standard InChI is InChI=1S/C16H14ClN5O/c1-3-9-10-6-8(7-18-15(10)20-14(9)17)11-4-5-12-13(19-11)16(23)22(2)21-12/h4-7,21H,3H2,1-2H3,(H,18,20). The molecule has 2 N–H and O–H groups in total. The second-order valence-electron chi connectivity index (χ2n) is 5.46. The molecule has 0 aliphatic rings. The molecule has 0 aliphatic carbocycles.